The van der Waals surface area contributed by atoms with Gasteiger partial charge < -0.3 is 4.42 Å². The lowest BCUT2D eigenvalue weighted by Crippen LogP contribution is -1.90. The summed E-state index contributed by atoms with van der Waals surface area (Å²) in [6.45, 7) is 0. The van der Waals surface area contributed by atoms with Gasteiger partial charge in [0.1, 0.15) is 11.2 Å². The molecule has 0 atom stereocenters. The molecular formula is C12H7FO3S. The molecule has 2 aromatic carbocycles. The Kier molecular flexibility index (Phi) is 2.00. The third-order valence-corrected chi connectivity index (χ3v) is 3.45. The molecule has 0 amide bonds. The Labute approximate surface area is 96.7 Å². The van der Waals surface area contributed by atoms with Crippen LogP contribution in [0.25, 0.3) is 21.9 Å². The second-order valence-corrected chi connectivity index (χ2v) is 5.04. The number of benzene rings is 2. The molecule has 1 heterocycles. The van der Waals surface area contributed by atoms with E-state index in [1.54, 1.807) is 12.1 Å². The number of hydrogen-bond donors (Lipinski definition) is 0. The van der Waals surface area contributed by atoms with Crippen LogP contribution in [0.5, 0.6) is 0 Å². The van der Waals surface area contributed by atoms with Crippen LogP contribution in [-0.2, 0) is 10.2 Å². The van der Waals surface area contributed by atoms with Gasteiger partial charge in [-0.3, -0.25) is 0 Å². The zero-order valence-electron chi connectivity index (χ0n) is 8.55. The molecule has 0 fully saturated rings. The first-order valence-corrected chi connectivity index (χ1v) is 6.30. The van der Waals surface area contributed by atoms with Crippen molar-refractivity contribution in [1.82, 2.24) is 0 Å². The number of rotatable bonds is 1. The molecular weight excluding hydrogens is 243 g/mol. The van der Waals surface area contributed by atoms with E-state index in [2.05, 4.69) is 0 Å². The van der Waals surface area contributed by atoms with E-state index in [1.807, 2.05) is 12.1 Å². The van der Waals surface area contributed by atoms with Gasteiger partial charge in [-0.25, -0.2) is 0 Å². The van der Waals surface area contributed by atoms with Gasteiger partial charge in [0.05, 0.1) is 4.90 Å². The topological polar surface area (TPSA) is 47.3 Å². The van der Waals surface area contributed by atoms with Crippen LogP contribution >= 0.6 is 0 Å². The van der Waals surface area contributed by atoms with Crippen molar-refractivity contribution in [2.75, 3.05) is 0 Å². The minimum atomic E-state index is -4.68. The van der Waals surface area contributed by atoms with Gasteiger partial charge >= 0.3 is 10.2 Å². The summed E-state index contributed by atoms with van der Waals surface area (Å²) in [5, 5.41) is 1.37. The molecule has 3 aromatic rings. The lowest BCUT2D eigenvalue weighted by Gasteiger charge is -1.94. The van der Waals surface area contributed by atoms with Crippen LogP contribution in [0, 0.1) is 0 Å². The molecule has 1 aromatic heterocycles. The summed E-state index contributed by atoms with van der Waals surface area (Å²) in [5.74, 6) is 0. The summed E-state index contributed by atoms with van der Waals surface area (Å²) in [7, 11) is -4.68. The highest BCUT2D eigenvalue weighted by atomic mass is 32.3. The minimum absolute atomic E-state index is 0.350. The predicted octanol–water partition coefficient (Wildman–Crippen LogP) is 3.24. The molecule has 0 saturated heterocycles. The zero-order chi connectivity index (χ0) is 12.0. The van der Waals surface area contributed by atoms with Crippen LogP contribution in [0.1, 0.15) is 0 Å². The summed E-state index contributed by atoms with van der Waals surface area (Å²) in [4.78, 5) is -0.350. The van der Waals surface area contributed by atoms with Gasteiger partial charge in [-0.1, -0.05) is 18.2 Å². The lowest BCUT2D eigenvalue weighted by molar-refractivity contribution is 0.552. The summed E-state index contributed by atoms with van der Waals surface area (Å²) in [5.41, 5.74) is 1.19. The van der Waals surface area contributed by atoms with E-state index in [0.717, 1.165) is 5.39 Å². The molecule has 5 heteroatoms. The number of furan rings is 1. The van der Waals surface area contributed by atoms with Crippen LogP contribution in [-0.4, -0.2) is 8.42 Å². The van der Waals surface area contributed by atoms with E-state index in [4.69, 9.17) is 4.42 Å². The monoisotopic (exact) mass is 250 g/mol. The van der Waals surface area contributed by atoms with Gasteiger partial charge in [0.25, 0.3) is 0 Å². The van der Waals surface area contributed by atoms with Crippen molar-refractivity contribution < 1.29 is 16.7 Å². The number of para-hydroxylation sites is 1. The van der Waals surface area contributed by atoms with Gasteiger partial charge in [-0.2, -0.15) is 8.42 Å². The second-order valence-electron chi connectivity index (χ2n) is 3.69. The van der Waals surface area contributed by atoms with Crippen LogP contribution < -0.4 is 0 Å². The normalized spacial score (nSPS) is 12.3. The summed E-state index contributed by atoms with van der Waals surface area (Å²) < 4.78 is 40.1. The third kappa shape index (κ3) is 1.59. The molecule has 0 spiro atoms. The maximum absolute atomic E-state index is 12.9. The summed E-state index contributed by atoms with van der Waals surface area (Å²) >= 11 is 0. The fourth-order valence-corrected chi connectivity index (χ4v) is 2.35. The molecule has 3 nitrogen and oxygen atoms in total. The van der Waals surface area contributed by atoms with E-state index >= 15 is 0 Å². The van der Waals surface area contributed by atoms with Crippen LogP contribution in [0.3, 0.4) is 0 Å². The van der Waals surface area contributed by atoms with E-state index in [-0.39, 0.29) is 4.90 Å². The number of hydrogen-bond acceptors (Lipinski definition) is 3. The van der Waals surface area contributed by atoms with Gasteiger partial charge in [-0.15, -0.1) is 3.89 Å². The maximum Gasteiger partial charge on any atom is 0.332 e. The van der Waals surface area contributed by atoms with Gasteiger partial charge in [0.15, 0.2) is 0 Å². The van der Waals surface area contributed by atoms with Crippen molar-refractivity contribution in [2.45, 2.75) is 4.90 Å². The van der Waals surface area contributed by atoms with E-state index in [1.165, 1.54) is 18.2 Å². The van der Waals surface area contributed by atoms with Gasteiger partial charge in [-0.05, 0) is 24.3 Å². The largest absolute Gasteiger partial charge is 0.456 e. The van der Waals surface area contributed by atoms with Gasteiger partial charge in [0, 0.05) is 10.8 Å². The third-order valence-electron chi connectivity index (χ3n) is 2.63. The number of halogens is 1. The molecule has 0 aliphatic heterocycles. The molecule has 0 N–H and O–H groups in total. The van der Waals surface area contributed by atoms with Crippen molar-refractivity contribution in [3.8, 4) is 0 Å². The van der Waals surface area contributed by atoms with Crippen LogP contribution in [0.4, 0.5) is 3.89 Å². The molecule has 0 bridgehead atoms. The highest BCUT2D eigenvalue weighted by Gasteiger charge is 2.14. The fourth-order valence-electron chi connectivity index (χ4n) is 1.86. The lowest BCUT2D eigenvalue weighted by atomic mass is 10.1. The fraction of sp³-hybridized carbons (Fsp3) is 0. The Hall–Kier alpha value is -1.88. The molecule has 0 unspecified atom stereocenters. The van der Waals surface area contributed by atoms with Crippen LogP contribution in [0.2, 0.25) is 0 Å². The Morgan fingerprint density at radius 3 is 2.41 bits per heavy atom. The van der Waals surface area contributed by atoms with Crippen molar-refractivity contribution in [1.29, 1.82) is 0 Å². The summed E-state index contributed by atoms with van der Waals surface area (Å²) in [6, 6.07) is 11.2. The minimum Gasteiger partial charge on any atom is -0.456 e. The molecule has 86 valence electrons. The summed E-state index contributed by atoms with van der Waals surface area (Å²) in [6.07, 6.45) is 0. The quantitative estimate of drug-likeness (QED) is 0.623. The Bertz CT molecular complexity index is 818. The first-order valence-electron chi connectivity index (χ1n) is 4.92. The van der Waals surface area contributed by atoms with Gasteiger partial charge in [0.2, 0.25) is 0 Å². The van der Waals surface area contributed by atoms with E-state index in [0.29, 0.717) is 16.6 Å². The Morgan fingerprint density at radius 1 is 0.941 bits per heavy atom. The standard InChI is InChI=1S/C12H7FO3S/c13-17(14,15)8-5-6-12-10(7-8)9-3-1-2-4-11(9)16-12/h1-7H. The molecule has 3 rings (SSSR count). The smallest absolute Gasteiger partial charge is 0.332 e. The molecule has 0 radical (unpaired) electrons. The average molecular weight is 250 g/mol. The number of fused-ring (bicyclic) bond motifs is 3. The Morgan fingerprint density at radius 2 is 1.65 bits per heavy atom. The SMILES string of the molecule is O=S(=O)(F)c1ccc2oc3ccccc3c2c1. The van der Waals surface area contributed by atoms with E-state index in [9.17, 15) is 12.3 Å². The first-order chi connectivity index (χ1) is 8.05. The van der Waals surface area contributed by atoms with Crippen molar-refractivity contribution >= 4 is 32.2 Å². The zero-order valence-corrected chi connectivity index (χ0v) is 9.37. The highest BCUT2D eigenvalue weighted by molar-refractivity contribution is 7.86. The first kappa shape index (κ1) is 10.3. The molecule has 0 aliphatic rings. The van der Waals surface area contributed by atoms with Crippen molar-refractivity contribution in [3.63, 3.8) is 0 Å². The van der Waals surface area contributed by atoms with Crippen LogP contribution in [0.15, 0.2) is 51.8 Å². The molecule has 17 heavy (non-hydrogen) atoms. The average Bonchev–Trinajstić information content (AvgIpc) is 2.65. The van der Waals surface area contributed by atoms with E-state index < -0.39 is 10.2 Å². The predicted molar refractivity (Wildman–Crippen MR) is 62.0 cm³/mol. The van der Waals surface area contributed by atoms with Crippen molar-refractivity contribution in [3.05, 3.63) is 42.5 Å². The molecule has 0 aliphatic carbocycles. The Balaban J connectivity index is 2.46. The second kappa shape index (κ2) is 3.30. The maximum atomic E-state index is 12.9. The van der Waals surface area contributed by atoms with Crippen molar-refractivity contribution in [2.24, 2.45) is 0 Å². The highest BCUT2D eigenvalue weighted by Crippen LogP contribution is 2.30. The molecule has 0 saturated carbocycles.